The van der Waals surface area contributed by atoms with Crippen molar-refractivity contribution in [2.75, 3.05) is 5.73 Å². The molecule has 2 heterocycles. The quantitative estimate of drug-likeness (QED) is 0.775. The summed E-state index contributed by atoms with van der Waals surface area (Å²) in [6.07, 6.45) is 3.39. The average Bonchev–Trinajstić information content (AvgIpc) is 2.82. The molecular formula is C14H10FN3S. The van der Waals surface area contributed by atoms with Crippen molar-refractivity contribution in [1.29, 1.82) is 0 Å². The van der Waals surface area contributed by atoms with Crippen molar-refractivity contribution in [2.24, 2.45) is 0 Å². The summed E-state index contributed by atoms with van der Waals surface area (Å²) in [6.45, 7) is 0. The minimum absolute atomic E-state index is 0.273. The van der Waals surface area contributed by atoms with E-state index in [2.05, 4.69) is 9.97 Å². The van der Waals surface area contributed by atoms with Gasteiger partial charge in [0, 0.05) is 18.0 Å². The molecule has 0 aliphatic carbocycles. The summed E-state index contributed by atoms with van der Waals surface area (Å²) < 4.78 is 13.3. The monoisotopic (exact) mass is 271 g/mol. The molecule has 0 bridgehead atoms. The first-order chi connectivity index (χ1) is 9.24. The minimum atomic E-state index is -0.273. The van der Waals surface area contributed by atoms with E-state index in [1.807, 2.05) is 18.2 Å². The van der Waals surface area contributed by atoms with Gasteiger partial charge in [-0.15, -0.1) is 0 Å². The number of nitrogens with zero attached hydrogens (tertiary/aromatic N) is 2. The second-order valence-corrected chi connectivity index (χ2v) is 5.01. The van der Waals surface area contributed by atoms with Crippen molar-refractivity contribution in [2.45, 2.75) is 0 Å². The molecule has 19 heavy (non-hydrogen) atoms. The van der Waals surface area contributed by atoms with Crippen LogP contribution in [0.1, 0.15) is 0 Å². The third-order valence-corrected chi connectivity index (χ3v) is 3.62. The van der Waals surface area contributed by atoms with Gasteiger partial charge in [0.05, 0.1) is 10.6 Å². The van der Waals surface area contributed by atoms with Gasteiger partial charge in [0.2, 0.25) is 0 Å². The molecule has 0 amide bonds. The number of hydrogen-bond donors (Lipinski definition) is 1. The summed E-state index contributed by atoms with van der Waals surface area (Å²) in [5.74, 6) is -0.273. The largest absolute Gasteiger partial charge is 0.375 e. The van der Waals surface area contributed by atoms with Crippen LogP contribution < -0.4 is 5.73 Å². The summed E-state index contributed by atoms with van der Waals surface area (Å²) in [6, 6.07) is 10.1. The Balaban J connectivity index is 2.18. The van der Waals surface area contributed by atoms with Crippen LogP contribution in [0.25, 0.3) is 21.7 Å². The van der Waals surface area contributed by atoms with Crippen LogP contribution in [0, 0.1) is 5.82 Å². The van der Waals surface area contributed by atoms with E-state index in [1.165, 1.54) is 23.5 Å². The summed E-state index contributed by atoms with van der Waals surface area (Å²) in [5.41, 5.74) is 8.25. The van der Waals surface area contributed by atoms with Gasteiger partial charge < -0.3 is 5.73 Å². The lowest BCUT2D eigenvalue weighted by Crippen LogP contribution is -1.85. The number of nitrogen functional groups attached to an aromatic ring is 1. The number of nitrogens with two attached hydrogens (primary N) is 1. The highest BCUT2D eigenvalue weighted by Gasteiger charge is 2.13. The number of anilines is 1. The molecule has 0 atom stereocenters. The second-order valence-electron chi connectivity index (χ2n) is 3.98. The highest BCUT2D eigenvalue weighted by atomic mass is 32.1. The molecule has 0 unspecified atom stereocenters. The summed E-state index contributed by atoms with van der Waals surface area (Å²) in [4.78, 5) is 9.18. The van der Waals surface area contributed by atoms with Crippen molar-refractivity contribution in [3.63, 3.8) is 0 Å². The molecule has 0 fully saturated rings. The number of thiazole rings is 1. The summed E-state index contributed by atoms with van der Waals surface area (Å²) in [7, 11) is 0. The van der Waals surface area contributed by atoms with Crippen LogP contribution in [-0.4, -0.2) is 9.97 Å². The smallest absolute Gasteiger partial charge is 0.181 e. The fraction of sp³-hybridized carbons (Fsp3) is 0. The molecule has 0 saturated heterocycles. The van der Waals surface area contributed by atoms with Crippen LogP contribution in [0.3, 0.4) is 0 Å². The van der Waals surface area contributed by atoms with Crippen molar-refractivity contribution in [1.82, 2.24) is 9.97 Å². The molecule has 94 valence electrons. The van der Waals surface area contributed by atoms with Gasteiger partial charge in [0.1, 0.15) is 5.82 Å². The van der Waals surface area contributed by atoms with Crippen LogP contribution in [0.5, 0.6) is 0 Å². The van der Waals surface area contributed by atoms with Gasteiger partial charge in [-0.1, -0.05) is 23.5 Å². The van der Waals surface area contributed by atoms with Crippen molar-refractivity contribution >= 4 is 16.5 Å². The van der Waals surface area contributed by atoms with Crippen LogP contribution in [-0.2, 0) is 0 Å². The Kier molecular flexibility index (Phi) is 2.97. The Morgan fingerprint density at radius 3 is 2.58 bits per heavy atom. The highest BCUT2D eigenvalue weighted by Crippen LogP contribution is 2.37. The Labute approximate surface area is 113 Å². The van der Waals surface area contributed by atoms with Gasteiger partial charge in [-0.05, 0) is 29.8 Å². The second kappa shape index (κ2) is 4.78. The standard InChI is InChI=1S/C14H10FN3S/c15-11-3-1-2-10(8-11)13-12(18-14(16)19-13)9-4-6-17-7-5-9/h1-8H,(H2,16,18). The number of benzene rings is 1. The maximum atomic E-state index is 13.3. The molecule has 0 radical (unpaired) electrons. The lowest BCUT2D eigenvalue weighted by Gasteiger charge is -2.02. The number of halogens is 1. The Morgan fingerprint density at radius 2 is 1.84 bits per heavy atom. The van der Waals surface area contributed by atoms with Crippen LogP contribution >= 0.6 is 11.3 Å². The first-order valence-electron chi connectivity index (χ1n) is 5.66. The molecule has 3 aromatic rings. The molecule has 3 rings (SSSR count). The average molecular weight is 271 g/mol. The van der Waals surface area contributed by atoms with Crippen LogP contribution in [0.15, 0.2) is 48.8 Å². The molecule has 0 aliphatic heterocycles. The Hall–Kier alpha value is -2.27. The van der Waals surface area contributed by atoms with Gasteiger partial charge in [0.15, 0.2) is 5.13 Å². The number of pyridine rings is 1. The fourth-order valence-electron chi connectivity index (χ4n) is 1.87. The summed E-state index contributed by atoms with van der Waals surface area (Å²) in [5, 5.41) is 0.464. The molecular weight excluding hydrogens is 261 g/mol. The van der Waals surface area contributed by atoms with E-state index >= 15 is 0 Å². The number of aromatic nitrogens is 2. The molecule has 2 N–H and O–H groups in total. The molecule has 2 aromatic heterocycles. The third-order valence-electron chi connectivity index (χ3n) is 2.68. The lowest BCUT2D eigenvalue weighted by atomic mass is 10.1. The van der Waals surface area contributed by atoms with Crippen molar-refractivity contribution in [3.8, 4) is 21.7 Å². The zero-order valence-corrected chi connectivity index (χ0v) is 10.7. The van der Waals surface area contributed by atoms with E-state index in [9.17, 15) is 4.39 Å². The zero-order valence-electron chi connectivity index (χ0n) is 9.88. The van der Waals surface area contributed by atoms with E-state index in [1.54, 1.807) is 18.5 Å². The topological polar surface area (TPSA) is 51.8 Å². The van der Waals surface area contributed by atoms with Crippen LogP contribution in [0.2, 0.25) is 0 Å². The summed E-state index contributed by atoms with van der Waals surface area (Å²) >= 11 is 1.35. The molecule has 0 saturated carbocycles. The van der Waals surface area contributed by atoms with E-state index in [0.717, 1.165) is 21.7 Å². The Morgan fingerprint density at radius 1 is 1.05 bits per heavy atom. The van der Waals surface area contributed by atoms with Gasteiger partial charge >= 0.3 is 0 Å². The predicted octanol–water partition coefficient (Wildman–Crippen LogP) is 3.59. The van der Waals surface area contributed by atoms with Gasteiger partial charge in [-0.2, -0.15) is 0 Å². The predicted molar refractivity (Wildman–Crippen MR) is 75.2 cm³/mol. The number of hydrogen-bond acceptors (Lipinski definition) is 4. The first kappa shape index (κ1) is 11.8. The molecule has 0 spiro atoms. The van der Waals surface area contributed by atoms with Gasteiger partial charge in [-0.3, -0.25) is 4.98 Å². The van der Waals surface area contributed by atoms with E-state index < -0.39 is 0 Å². The molecule has 5 heteroatoms. The number of rotatable bonds is 2. The Bertz CT molecular complexity index is 710. The molecule has 1 aromatic carbocycles. The highest BCUT2D eigenvalue weighted by molar-refractivity contribution is 7.19. The van der Waals surface area contributed by atoms with Crippen molar-refractivity contribution < 1.29 is 4.39 Å². The fourth-order valence-corrected chi connectivity index (χ4v) is 2.72. The minimum Gasteiger partial charge on any atom is -0.375 e. The SMILES string of the molecule is Nc1nc(-c2ccncc2)c(-c2cccc(F)c2)s1. The van der Waals surface area contributed by atoms with Crippen LogP contribution in [0.4, 0.5) is 9.52 Å². The molecule has 0 aliphatic rings. The lowest BCUT2D eigenvalue weighted by molar-refractivity contribution is 0.628. The third kappa shape index (κ3) is 2.32. The van der Waals surface area contributed by atoms with E-state index in [-0.39, 0.29) is 5.82 Å². The van der Waals surface area contributed by atoms with E-state index in [4.69, 9.17) is 5.73 Å². The molecule has 3 nitrogen and oxygen atoms in total. The maximum Gasteiger partial charge on any atom is 0.181 e. The van der Waals surface area contributed by atoms with E-state index in [0.29, 0.717) is 5.13 Å². The maximum absolute atomic E-state index is 13.3. The van der Waals surface area contributed by atoms with Gasteiger partial charge in [-0.25, -0.2) is 9.37 Å². The van der Waals surface area contributed by atoms with Crippen molar-refractivity contribution in [3.05, 3.63) is 54.6 Å². The van der Waals surface area contributed by atoms with Gasteiger partial charge in [0.25, 0.3) is 0 Å². The first-order valence-corrected chi connectivity index (χ1v) is 6.48. The normalized spacial score (nSPS) is 10.6. The zero-order chi connectivity index (χ0) is 13.2.